The number of halogens is 1. The van der Waals surface area contributed by atoms with Crippen molar-refractivity contribution in [3.63, 3.8) is 0 Å². The summed E-state index contributed by atoms with van der Waals surface area (Å²) < 4.78 is 23.6. The van der Waals surface area contributed by atoms with Gasteiger partial charge in [0.1, 0.15) is 0 Å². The van der Waals surface area contributed by atoms with Gasteiger partial charge in [-0.3, -0.25) is 4.99 Å². The zero-order chi connectivity index (χ0) is 18.5. The van der Waals surface area contributed by atoms with Gasteiger partial charge in [-0.1, -0.05) is 31.2 Å². The highest BCUT2D eigenvalue weighted by molar-refractivity contribution is 14.0. The average Bonchev–Trinajstić information content (AvgIpc) is 2.57. The third kappa shape index (κ3) is 5.84. The van der Waals surface area contributed by atoms with E-state index in [1.54, 1.807) is 13.8 Å². The molecule has 148 valence electrons. The van der Waals surface area contributed by atoms with Gasteiger partial charge < -0.3 is 10.2 Å². The van der Waals surface area contributed by atoms with Crippen LogP contribution in [0.5, 0.6) is 0 Å². The number of hydrogen-bond acceptors (Lipinski definition) is 3. The molecule has 1 aliphatic rings. The van der Waals surface area contributed by atoms with Crippen molar-refractivity contribution in [1.82, 2.24) is 10.2 Å². The van der Waals surface area contributed by atoms with Crippen LogP contribution in [0.25, 0.3) is 0 Å². The van der Waals surface area contributed by atoms with E-state index in [1.165, 1.54) is 11.1 Å². The number of aliphatic imine (C=N–C) groups is 1. The number of aryl methyl sites for hydroxylation is 1. The second kappa shape index (κ2) is 9.92. The lowest BCUT2D eigenvalue weighted by molar-refractivity contribution is 0.353. The monoisotopic (exact) mass is 493 g/mol. The van der Waals surface area contributed by atoms with Gasteiger partial charge in [-0.05, 0) is 44.7 Å². The summed E-state index contributed by atoms with van der Waals surface area (Å²) in [6.07, 6.45) is 1.94. The largest absolute Gasteiger partial charge is 0.357 e. The van der Waals surface area contributed by atoms with Crippen LogP contribution < -0.4 is 5.32 Å². The molecule has 0 bridgehead atoms. The molecule has 1 saturated heterocycles. The third-order valence-corrected chi connectivity index (χ3v) is 7.30. The molecule has 0 spiro atoms. The Morgan fingerprint density at radius 2 is 1.81 bits per heavy atom. The maximum absolute atomic E-state index is 12.2. The number of rotatable bonds is 5. The molecule has 0 saturated carbocycles. The lowest BCUT2D eigenvalue weighted by Gasteiger charge is -2.39. The molecule has 1 aromatic rings. The molecular formula is C19H32IN3O2S. The number of guanidine groups is 1. The van der Waals surface area contributed by atoms with Gasteiger partial charge in [-0.25, -0.2) is 8.42 Å². The molecule has 0 unspecified atom stereocenters. The zero-order valence-electron chi connectivity index (χ0n) is 16.3. The van der Waals surface area contributed by atoms with E-state index in [9.17, 15) is 8.42 Å². The van der Waals surface area contributed by atoms with Crippen LogP contribution >= 0.6 is 24.0 Å². The first kappa shape index (κ1) is 23.2. The molecule has 0 atom stereocenters. The van der Waals surface area contributed by atoms with Gasteiger partial charge in [0, 0.05) is 26.2 Å². The van der Waals surface area contributed by atoms with Crippen molar-refractivity contribution in [1.29, 1.82) is 0 Å². The van der Waals surface area contributed by atoms with Crippen molar-refractivity contribution in [2.45, 2.75) is 45.3 Å². The van der Waals surface area contributed by atoms with E-state index in [2.05, 4.69) is 41.4 Å². The first-order valence-electron chi connectivity index (χ1n) is 9.12. The summed E-state index contributed by atoms with van der Waals surface area (Å²) in [6.45, 7) is 10.2. The Morgan fingerprint density at radius 1 is 1.19 bits per heavy atom. The first-order valence-corrected chi connectivity index (χ1v) is 10.8. The van der Waals surface area contributed by atoms with Crippen LogP contribution in [0, 0.1) is 0 Å². The molecule has 2 rings (SSSR count). The molecule has 1 fully saturated rings. The Balaban J connectivity index is 0.00000338. The van der Waals surface area contributed by atoms with Crippen LogP contribution in [-0.4, -0.2) is 56.0 Å². The van der Waals surface area contributed by atoms with E-state index in [0.29, 0.717) is 19.6 Å². The van der Waals surface area contributed by atoms with Crippen LogP contribution in [0.1, 0.15) is 38.8 Å². The van der Waals surface area contributed by atoms with Crippen molar-refractivity contribution in [2.75, 3.05) is 31.9 Å². The van der Waals surface area contributed by atoms with Crippen LogP contribution in [0.15, 0.2) is 29.3 Å². The minimum Gasteiger partial charge on any atom is -0.357 e. The van der Waals surface area contributed by atoms with E-state index in [1.807, 2.05) is 6.92 Å². The summed E-state index contributed by atoms with van der Waals surface area (Å²) in [6, 6.07) is 8.67. The fourth-order valence-corrected chi connectivity index (χ4v) is 4.35. The minimum absolute atomic E-state index is 0. The van der Waals surface area contributed by atoms with Crippen molar-refractivity contribution in [3.05, 3.63) is 35.4 Å². The van der Waals surface area contributed by atoms with Crippen LogP contribution in [0.2, 0.25) is 0 Å². The highest BCUT2D eigenvalue weighted by Gasteiger charge is 2.40. The number of hydrogen-bond donors (Lipinski definition) is 1. The second-order valence-electron chi connectivity index (χ2n) is 7.16. The van der Waals surface area contributed by atoms with Gasteiger partial charge >= 0.3 is 0 Å². The molecular weight excluding hydrogens is 461 g/mol. The summed E-state index contributed by atoms with van der Waals surface area (Å²) in [5.41, 5.74) is 2.62. The van der Waals surface area contributed by atoms with Gasteiger partial charge in [0.15, 0.2) is 15.8 Å². The van der Waals surface area contributed by atoms with Crippen molar-refractivity contribution in [2.24, 2.45) is 4.99 Å². The Morgan fingerprint density at radius 3 is 2.35 bits per heavy atom. The molecule has 1 N–H and O–H groups in total. The first-order chi connectivity index (χ1) is 11.8. The average molecular weight is 493 g/mol. The van der Waals surface area contributed by atoms with Crippen molar-refractivity contribution in [3.8, 4) is 0 Å². The smallest absolute Gasteiger partial charge is 0.194 e. The summed E-state index contributed by atoms with van der Waals surface area (Å²) in [5.74, 6) is 0.999. The Kier molecular flexibility index (Phi) is 8.85. The van der Waals surface area contributed by atoms with Crippen molar-refractivity contribution < 1.29 is 8.42 Å². The SMILES string of the molecule is CCNC(=NCCc1ccc(CC)cc1)N1CCS(=O)(=O)C(C)(C)C1.I. The van der Waals surface area contributed by atoms with E-state index >= 15 is 0 Å². The molecule has 0 amide bonds. The molecule has 26 heavy (non-hydrogen) atoms. The van der Waals surface area contributed by atoms with Gasteiger partial charge in [0.05, 0.1) is 10.5 Å². The van der Waals surface area contributed by atoms with Gasteiger partial charge in [-0.15, -0.1) is 24.0 Å². The van der Waals surface area contributed by atoms with Crippen LogP contribution in [-0.2, 0) is 22.7 Å². The Labute approximate surface area is 175 Å². The summed E-state index contributed by atoms with van der Waals surface area (Å²) in [4.78, 5) is 6.80. The Bertz CT molecular complexity index is 700. The number of nitrogens with one attached hydrogen (secondary N) is 1. The van der Waals surface area contributed by atoms with Crippen molar-refractivity contribution >= 4 is 39.8 Å². The molecule has 5 nitrogen and oxygen atoms in total. The maximum atomic E-state index is 12.2. The zero-order valence-corrected chi connectivity index (χ0v) is 19.4. The standard InChI is InChI=1S/C19H31N3O2S.HI/c1-5-16-7-9-17(10-8-16)11-12-21-18(20-6-2)22-13-14-25(23,24)19(3,4)15-22;/h7-10H,5-6,11-15H2,1-4H3,(H,20,21);1H. The van der Waals surface area contributed by atoms with Crippen LogP contribution in [0.3, 0.4) is 0 Å². The quantitative estimate of drug-likeness (QED) is 0.390. The van der Waals surface area contributed by atoms with E-state index in [0.717, 1.165) is 25.3 Å². The molecule has 1 aromatic carbocycles. The molecule has 0 aliphatic carbocycles. The number of nitrogens with zero attached hydrogens (tertiary/aromatic N) is 2. The highest BCUT2D eigenvalue weighted by atomic mass is 127. The van der Waals surface area contributed by atoms with Gasteiger partial charge in [0.25, 0.3) is 0 Å². The highest BCUT2D eigenvalue weighted by Crippen LogP contribution is 2.23. The summed E-state index contributed by atoms with van der Waals surface area (Å²) in [5, 5.41) is 3.30. The van der Waals surface area contributed by atoms with Crippen LogP contribution in [0.4, 0.5) is 0 Å². The normalized spacial score (nSPS) is 18.9. The van der Waals surface area contributed by atoms with E-state index < -0.39 is 14.6 Å². The lowest BCUT2D eigenvalue weighted by atomic mass is 10.1. The molecule has 1 heterocycles. The molecule has 0 aromatic heterocycles. The lowest BCUT2D eigenvalue weighted by Crippen LogP contribution is -2.57. The topological polar surface area (TPSA) is 61.8 Å². The number of benzene rings is 1. The minimum atomic E-state index is -3.04. The van der Waals surface area contributed by atoms with Gasteiger partial charge in [-0.2, -0.15) is 0 Å². The summed E-state index contributed by atoms with van der Waals surface area (Å²) in [7, 11) is -3.04. The maximum Gasteiger partial charge on any atom is 0.194 e. The van der Waals surface area contributed by atoms with E-state index in [-0.39, 0.29) is 29.7 Å². The van der Waals surface area contributed by atoms with Gasteiger partial charge in [0.2, 0.25) is 0 Å². The predicted octanol–water partition coefficient (Wildman–Crippen LogP) is 2.88. The Hall–Kier alpha value is -0.830. The molecule has 7 heteroatoms. The predicted molar refractivity (Wildman–Crippen MR) is 120 cm³/mol. The summed E-state index contributed by atoms with van der Waals surface area (Å²) >= 11 is 0. The second-order valence-corrected chi connectivity index (χ2v) is 9.90. The fraction of sp³-hybridized carbons (Fsp3) is 0.632. The fourth-order valence-electron chi connectivity index (χ4n) is 2.98. The molecule has 0 radical (unpaired) electrons. The number of sulfone groups is 1. The molecule has 1 aliphatic heterocycles. The third-order valence-electron chi connectivity index (χ3n) is 4.77. The van der Waals surface area contributed by atoms with E-state index in [4.69, 9.17) is 4.99 Å².